The van der Waals surface area contributed by atoms with Crippen molar-refractivity contribution in [2.45, 2.75) is 6.42 Å². The number of amides is 1. The fourth-order valence-electron chi connectivity index (χ4n) is 2.48. The number of carbonyl (C=O) groups is 1. The van der Waals surface area contributed by atoms with Crippen LogP contribution in [0.2, 0.25) is 5.02 Å². The maximum absolute atomic E-state index is 11.8. The van der Waals surface area contributed by atoms with Gasteiger partial charge in [0.15, 0.2) is 11.5 Å². The maximum Gasteiger partial charge on any atom is 0.263 e. The van der Waals surface area contributed by atoms with Crippen molar-refractivity contribution in [1.82, 2.24) is 5.32 Å². The van der Waals surface area contributed by atoms with Gasteiger partial charge in [0.1, 0.15) is 10.1 Å². The first-order chi connectivity index (χ1) is 13.6. The molecule has 1 amide bonds. The summed E-state index contributed by atoms with van der Waals surface area (Å²) in [6.07, 6.45) is 2.40. The normalized spacial score (nSPS) is 14.9. The largest absolute Gasteiger partial charge is 0.493 e. The van der Waals surface area contributed by atoms with E-state index in [1.54, 1.807) is 25.3 Å². The van der Waals surface area contributed by atoms with Gasteiger partial charge in [0.25, 0.3) is 5.91 Å². The minimum absolute atomic E-state index is 0.219. The van der Waals surface area contributed by atoms with Gasteiger partial charge in [-0.2, -0.15) is 0 Å². The van der Waals surface area contributed by atoms with Crippen LogP contribution in [-0.2, 0) is 4.79 Å². The van der Waals surface area contributed by atoms with Crippen LogP contribution in [0.1, 0.15) is 12.0 Å². The Balaban J connectivity index is 1.61. The second kappa shape index (κ2) is 9.82. The summed E-state index contributed by atoms with van der Waals surface area (Å²) >= 11 is 12.6. The maximum atomic E-state index is 11.8. The highest BCUT2D eigenvalue weighted by molar-refractivity contribution is 8.26. The number of benzene rings is 2. The number of thioether (sulfide) groups is 1. The third kappa shape index (κ3) is 5.41. The van der Waals surface area contributed by atoms with Crippen LogP contribution < -0.4 is 19.5 Å². The fourth-order valence-corrected chi connectivity index (χ4v) is 3.79. The van der Waals surface area contributed by atoms with E-state index in [9.17, 15) is 4.79 Å². The van der Waals surface area contributed by atoms with Crippen molar-refractivity contribution in [1.29, 1.82) is 0 Å². The topological polar surface area (TPSA) is 56.8 Å². The number of para-hydroxylation sites is 1. The molecular weight excluding hydrogens is 418 g/mol. The average Bonchev–Trinajstić information content (AvgIpc) is 3.00. The number of nitrogens with one attached hydrogen (secondary N) is 1. The van der Waals surface area contributed by atoms with Gasteiger partial charge in [-0.15, -0.1) is 0 Å². The zero-order valence-electron chi connectivity index (χ0n) is 15.1. The van der Waals surface area contributed by atoms with Crippen molar-refractivity contribution in [3.63, 3.8) is 0 Å². The number of ether oxygens (including phenoxy) is 3. The van der Waals surface area contributed by atoms with E-state index < -0.39 is 0 Å². The van der Waals surface area contributed by atoms with Crippen molar-refractivity contribution < 1.29 is 19.0 Å². The molecule has 0 bridgehead atoms. The van der Waals surface area contributed by atoms with Gasteiger partial charge in [0.05, 0.1) is 30.3 Å². The molecule has 2 aromatic rings. The summed E-state index contributed by atoms with van der Waals surface area (Å²) in [5, 5.41) is 2.98. The van der Waals surface area contributed by atoms with Crippen molar-refractivity contribution in [2.24, 2.45) is 0 Å². The van der Waals surface area contributed by atoms with E-state index in [0.29, 0.717) is 45.4 Å². The van der Waals surface area contributed by atoms with Crippen molar-refractivity contribution in [2.75, 3.05) is 20.3 Å². The minimum Gasteiger partial charge on any atom is -0.493 e. The number of hydrogen-bond donors (Lipinski definition) is 1. The van der Waals surface area contributed by atoms with Gasteiger partial charge in [-0.1, -0.05) is 53.8 Å². The SMILES string of the molecule is COc1cc(C=C2SC(=S)NC2=O)cc(Cl)c1OCCCOc1ccccc1. The number of methoxy groups -OCH3 is 1. The Morgan fingerprint density at radius 1 is 1.18 bits per heavy atom. The molecule has 1 aliphatic heterocycles. The lowest BCUT2D eigenvalue weighted by molar-refractivity contribution is -0.115. The number of thiocarbonyl (C=S) groups is 1. The summed E-state index contributed by atoms with van der Waals surface area (Å²) < 4.78 is 17.3. The fraction of sp³-hybridized carbons (Fsp3) is 0.200. The highest BCUT2D eigenvalue weighted by Crippen LogP contribution is 2.38. The van der Waals surface area contributed by atoms with Crippen LogP contribution in [0.15, 0.2) is 47.4 Å². The lowest BCUT2D eigenvalue weighted by Gasteiger charge is -2.14. The molecular formula is C20H18ClNO4S2. The van der Waals surface area contributed by atoms with Crippen molar-refractivity contribution in [3.05, 3.63) is 58.0 Å². The van der Waals surface area contributed by atoms with Crippen LogP contribution in [0.5, 0.6) is 17.2 Å². The van der Waals surface area contributed by atoms with Crippen molar-refractivity contribution >= 4 is 51.9 Å². The van der Waals surface area contributed by atoms with E-state index in [2.05, 4.69) is 5.32 Å². The van der Waals surface area contributed by atoms with Crippen LogP contribution in [0.25, 0.3) is 6.08 Å². The van der Waals surface area contributed by atoms with Gasteiger partial charge in [-0.25, -0.2) is 0 Å². The van der Waals surface area contributed by atoms with Crippen LogP contribution in [0.4, 0.5) is 0 Å². The van der Waals surface area contributed by atoms with E-state index in [4.69, 9.17) is 38.0 Å². The molecule has 28 heavy (non-hydrogen) atoms. The van der Waals surface area contributed by atoms with Gasteiger partial charge in [0, 0.05) is 6.42 Å². The Kier molecular flexibility index (Phi) is 7.19. The van der Waals surface area contributed by atoms with E-state index in [1.807, 2.05) is 30.3 Å². The lowest BCUT2D eigenvalue weighted by atomic mass is 10.2. The molecule has 146 valence electrons. The smallest absolute Gasteiger partial charge is 0.263 e. The molecule has 1 N–H and O–H groups in total. The summed E-state index contributed by atoms with van der Waals surface area (Å²) in [5.74, 6) is 1.56. The van der Waals surface area contributed by atoms with Crippen LogP contribution in [-0.4, -0.2) is 30.6 Å². The highest BCUT2D eigenvalue weighted by atomic mass is 35.5. The molecule has 8 heteroatoms. The Morgan fingerprint density at radius 3 is 2.61 bits per heavy atom. The molecule has 1 aliphatic rings. The molecule has 0 saturated carbocycles. The molecule has 0 radical (unpaired) electrons. The Labute approximate surface area is 178 Å². The molecule has 0 aromatic heterocycles. The summed E-state index contributed by atoms with van der Waals surface area (Å²) in [5.41, 5.74) is 0.726. The molecule has 0 spiro atoms. The molecule has 0 unspecified atom stereocenters. The lowest BCUT2D eigenvalue weighted by Crippen LogP contribution is -2.17. The number of halogens is 1. The molecule has 1 saturated heterocycles. The Hall–Kier alpha value is -2.22. The highest BCUT2D eigenvalue weighted by Gasteiger charge is 2.22. The third-order valence-electron chi connectivity index (χ3n) is 3.74. The number of hydrogen-bond acceptors (Lipinski definition) is 6. The molecule has 0 atom stereocenters. The molecule has 3 rings (SSSR count). The molecule has 2 aromatic carbocycles. The predicted molar refractivity (Wildman–Crippen MR) is 116 cm³/mol. The zero-order valence-corrected chi connectivity index (χ0v) is 17.5. The predicted octanol–water partition coefficient (Wildman–Crippen LogP) is 4.69. The first kappa shape index (κ1) is 20.5. The van der Waals surface area contributed by atoms with E-state index in [0.717, 1.165) is 11.3 Å². The van der Waals surface area contributed by atoms with Crippen LogP contribution >= 0.6 is 35.6 Å². The summed E-state index contributed by atoms with van der Waals surface area (Å²) in [6.45, 7) is 0.955. The summed E-state index contributed by atoms with van der Waals surface area (Å²) in [7, 11) is 1.54. The Bertz CT molecular complexity index is 903. The zero-order chi connectivity index (χ0) is 19.9. The second-order valence-electron chi connectivity index (χ2n) is 5.75. The number of carbonyl (C=O) groups excluding carboxylic acids is 1. The second-order valence-corrected chi connectivity index (χ2v) is 7.88. The van der Waals surface area contributed by atoms with E-state index >= 15 is 0 Å². The minimum atomic E-state index is -0.219. The molecule has 5 nitrogen and oxygen atoms in total. The van der Waals surface area contributed by atoms with Gasteiger partial charge in [0.2, 0.25) is 0 Å². The average molecular weight is 436 g/mol. The monoisotopic (exact) mass is 435 g/mol. The van der Waals surface area contributed by atoms with Crippen LogP contribution in [0.3, 0.4) is 0 Å². The quantitative estimate of drug-likeness (QED) is 0.369. The van der Waals surface area contributed by atoms with Gasteiger partial charge >= 0.3 is 0 Å². The van der Waals surface area contributed by atoms with Gasteiger partial charge in [-0.05, 0) is 35.9 Å². The van der Waals surface area contributed by atoms with Crippen molar-refractivity contribution in [3.8, 4) is 17.2 Å². The van der Waals surface area contributed by atoms with Crippen LogP contribution in [0, 0.1) is 0 Å². The van der Waals surface area contributed by atoms with E-state index in [1.165, 1.54) is 11.8 Å². The third-order valence-corrected chi connectivity index (χ3v) is 5.18. The Morgan fingerprint density at radius 2 is 1.93 bits per heavy atom. The molecule has 0 aliphatic carbocycles. The first-order valence-electron chi connectivity index (χ1n) is 8.50. The van der Waals surface area contributed by atoms with Gasteiger partial charge < -0.3 is 19.5 Å². The number of rotatable bonds is 8. The van der Waals surface area contributed by atoms with E-state index in [-0.39, 0.29) is 5.91 Å². The summed E-state index contributed by atoms with van der Waals surface area (Å²) in [4.78, 5) is 12.3. The van der Waals surface area contributed by atoms with Gasteiger partial charge in [-0.3, -0.25) is 4.79 Å². The molecule has 1 heterocycles. The molecule has 1 fully saturated rings. The summed E-state index contributed by atoms with van der Waals surface area (Å²) in [6, 6.07) is 13.1. The first-order valence-corrected chi connectivity index (χ1v) is 10.1. The standard InChI is InChI=1S/C20H18ClNO4S2/c1-24-16-11-13(12-17-19(23)22-20(27)28-17)10-15(21)18(16)26-9-5-8-25-14-6-3-2-4-7-14/h2-4,6-7,10-12H,5,8-9H2,1H3,(H,22,23,27).